The van der Waals surface area contributed by atoms with Crippen molar-refractivity contribution < 1.29 is 4.79 Å². The van der Waals surface area contributed by atoms with Gasteiger partial charge >= 0.3 is 0 Å². The second-order valence-electron chi connectivity index (χ2n) is 3.02. The smallest absolute Gasteiger partial charge is 0.252 e. The van der Waals surface area contributed by atoms with E-state index in [1.807, 2.05) is 24.3 Å². The fourth-order valence-electron chi connectivity index (χ4n) is 1.60. The molecular weight excluding hydrogens is 162 g/mol. The van der Waals surface area contributed by atoms with Crippen LogP contribution in [0, 0.1) is 12.3 Å². The number of rotatable bonds is 1. The Kier molecular flexibility index (Phi) is 1.79. The molecule has 0 fully saturated rings. The molecule has 0 aliphatic carbocycles. The first kappa shape index (κ1) is 7.88. The summed E-state index contributed by atoms with van der Waals surface area (Å²) in [5.41, 5.74) is 1.77. The molecule has 0 saturated heterocycles. The van der Waals surface area contributed by atoms with Crippen molar-refractivity contribution in [2.24, 2.45) is 0 Å². The highest BCUT2D eigenvalue weighted by molar-refractivity contribution is 5.99. The van der Waals surface area contributed by atoms with E-state index < -0.39 is 0 Å². The van der Waals surface area contributed by atoms with Crippen molar-refractivity contribution in [1.29, 1.82) is 0 Å². The minimum atomic E-state index is -0.0177. The molecule has 1 aromatic carbocycles. The average molecular weight is 171 g/mol. The standard InChI is InChI=1S/C11H9NO/c1-2-5-10-8-6-3-4-7-9(8)11(13)12-10/h1,3-4,6-7,10H,5H2,(H,12,13). The van der Waals surface area contributed by atoms with Crippen molar-refractivity contribution in [3.8, 4) is 12.3 Å². The Morgan fingerprint density at radius 2 is 2.23 bits per heavy atom. The number of benzene rings is 1. The largest absolute Gasteiger partial charge is 0.344 e. The van der Waals surface area contributed by atoms with Crippen molar-refractivity contribution in [2.45, 2.75) is 12.5 Å². The maximum atomic E-state index is 11.4. The molecule has 1 N–H and O–H groups in total. The van der Waals surface area contributed by atoms with Crippen LogP contribution in [0.15, 0.2) is 24.3 Å². The third-order valence-corrected chi connectivity index (χ3v) is 2.21. The molecule has 0 saturated carbocycles. The molecule has 1 unspecified atom stereocenters. The van der Waals surface area contributed by atoms with Crippen LogP contribution in [0.5, 0.6) is 0 Å². The van der Waals surface area contributed by atoms with Gasteiger partial charge in [0.1, 0.15) is 0 Å². The number of nitrogens with one attached hydrogen (secondary N) is 1. The second kappa shape index (κ2) is 2.95. The zero-order chi connectivity index (χ0) is 9.26. The van der Waals surface area contributed by atoms with E-state index in [2.05, 4.69) is 11.2 Å². The van der Waals surface area contributed by atoms with Gasteiger partial charge in [-0.25, -0.2) is 0 Å². The Hall–Kier alpha value is -1.75. The zero-order valence-electron chi connectivity index (χ0n) is 7.08. The summed E-state index contributed by atoms with van der Waals surface area (Å²) in [5.74, 6) is 2.54. The van der Waals surface area contributed by atoms with Crippen LogP contribution in [-0.4, -0.2) is 5.91 Å². The van der Waals surface area contributed by atoms with Crippen molar-refractivity contribution in [3.63, 3.8) is 0 Å². The van der Waals surface area contributed by atoms with Crippen molar-refractivity contribution in [2.75, 3.05) is 0 Å². The number of carbonyl (C=O) groups excluding carboxylic acids is 1. The maximum Gasteiger partial charge on any atom is 0.252 e. The van der Waals surface area contributed by atoms with E-state index in [1.165, 1.54) is 0 Å². The first-order valence-electron chi connectivity index (χ1n) is 4.16. The molecule has 0 spiro atoms. The number of amides is 1. The van der Waals surface area contributed by atoms with E-state index in [0.29, 0.717) is 6.42 Å². The van der Waals surface area contributed by atoms with Crippen molar-refractivity contribution in [3.05, 3.63) is 35.4 Å². The van der Waals surface area contributed by atoms with Crippen LogP contribution < -0.4 is 5.32 Å². The van der Waals surface area contributed by atoms with Crippen LogP contribution in [0.1, 0.15) is 28.4 Å². The molecule has 2 nitrogen and oxygen atoms in total. The molecule has 13 heavy (non-hydrogen) atoms. The van der Waals surface area contributed by atoms with Gasteiger partial charge in [-0.2, -0.15) is 0 Å². The van der Waals surface area contributed by atoms with Gasteiger partial charge in [0.25, 0.3) is 5.91 Å². The van der Waals surface area contributed by atoms with Crippen molar-refractivity contribution >= 4 is 5.91 Å². The minimum Gasteiger partial charge on any atom is -0.344 e. The normalized spacial score (nSPS) is 19.0. The first-order valence-corrected chi connectivity index (χ1v) is 4.16. The van der Waals surface area contributed by atoms with Crippen LogP contribution in [0.25, 0.3) is 0 Å². The quantitative estimate of drug-likeness (QED) is 0.637. The van der Waals surface area contributed by atoms with Gasteiger partial charge in [0.15, 0.2) is 0 Å². The third kappa shape index (κ3) is 1.19. The minimum absolute atomic E-state index is 0.00806. The summed E-state index contributed by atoms with van der Waals surface area (Å²) in [7, 11) is 0. The molecule has 1 heterocycles. The predicted octanol–water partition coefficient (Wildman–Crippen LogP) is 1.49. The lowest BCUT2D eigenvalue weighted by atomic mass is 10.0. The summed E-state index contributed by atoms with van der Waals surface area (Å²) in [4.78, 5) is 11.4. The highest BCUT2D eigenvalue weighted by Gasteiger charge is 2.26. The average Bonchev–Trinajstić information content (AvgIpc) is 2.46. The number of terminal acetylenes is 1. The third-order valence-electron chi connectivity index (χ3n) is 2.21. The van der Waals surface area contributed by atoms with E-state index in [9.17, 15) is 4.79 Å². The molecule has 1 aliphatic rings. The van der Waals surface area contributed by atoms with Crippen LogP contribution in [0.3, 0.4) is 0 Å². The van der Waals surface area contributed by atoms with Gasteiger partial charge in [0.05, 0.1) is 6.04 Å². The van der Waals surface area contributed by atoms with Crippen LogP contribution in [0.2, 0.25) is 0 Å². The first-order chi connectivity index (χ1) is 6.33. The summed E-state index contributed by atoms with van der Waals surface area (Å²) in [6.07, 6.45) is 5.77. The number of hydrogen-bond acceptors (Lipinski definition) is 1. The summed E-state index contributed by atoms with van der Waals surface area (Å²) in [6, 6.07) is 7.55. The SMILES string of the molecule is C#CCC1NC(=O)c2ccccc21. The summed E-state index contributed by atoms with van der Waals surface area (Å²) in [6.45, 7) is 0. The van der Waals surface area contributed by atoms with Crippen LogP contribution in [0.4, 0.5) is 0 Å². The summed E-state index contributed by atoms with van der Waals surface area (Å²) in [5, 5.41) is 2.84. The highest BCUT2D eigenvalue weighted by Crippen LogP contribution is 2.26. The molecule has 0 bridgehead atoms. The van der Waals surface area contributed by atoms with Gasteiger partial charge in [0.2, 0.25) is 0 Å². The Bertz CT molecular complexity index is 389. The molecule has 2 heteroatoms. The lowest BCUT2D eigenvalue weighted by Crippen LogP contribution is -2.18. The fraction of sp³-hybridized carbons (Fsp3) is 0.182. The maximum absolute atomic E-state index is 11.4. The number of fused-ring (bicyclic) bond motifs is 1. The Balaban J connectivity index is 2.42. The molecule has 1 aliphatic heterocycles. The van der Waals surface area contributed by atoms with E-state index in [0.717, 1.165) is 11.1 Å². The van der Waals surface area contributed by atoms with Gasteiger partial charge in [-0.15, -0.1) is 12.3 Å². The molecule has 1 atom stereocenters. The molecule has 0 aromatic heterocycles. The Morgan fingerprint density at radius 3 is 3.00 bits per heavy atom. The lowest BCUT2D eigenvalue weighted by molar-refractivity contribution is 0.0957. The molecule has 0 radical (unpaired) electrons. The second-order valence-corrected chi connectivity index (χ2v) is 3.02. The number of hydrogen-bond donors (Lipinski definition) is 1. The highest BCUT2D eigenvalue weighted by atomic mass is 16.2. The van der Waals surface area contributed by atoms with Gasteiger partial charge < -0.3 is 5.32 Å². The molecule has 64 valence electrons. The molecular formula is C11H9NO. The molecule has 2 rings (SSSR count). The van der Waals surface area contributed by atoms with Gasteiger partial charge in [-0.3, -0.25) is 4.79 Å². The van der Waals surface area contributed by atoms with Crippen LogP contribution >= 0.6 is 0 Å². The van der Waals surface area contributed by atoms with Gasteiger partial charge in [-0.1, -0.05) is 18.2 Å². The topological polar surface area (TPSA) is 29.1 Å². The number of carbonyl (C=O) groups is 1. The fourth-order valence-corrected chi connectivity index (χ4v) is 1.60. The predicted molar refractivity (Wildman–Crippen MR) is 50.1 cm³/mol. The molecule has 1 amide bonds. The Labute approximate surface area is 77.0 Å². The van der Waals surface area contributed by atoms with Gasteiger partial charge in [0, 0.05) is 12.0 Å². The monoisotopic (exact) mass is 171 g/mol. The lowest BCUT2D eigenvalue weighted by Gasteiger charge is -2.05. The van der Waals surface area contributed by atoms with E-state index >= 15 is 0 Å². The van der Waals surface area contributed by atoms with E-state index in [-0.39, 0.29) is 11.9 Å². The van der Waals surface area contributed by atoms with Crippen LogP contribution in [-0.2, 0) is 0 Å². The van der Waals surface area contributed by atoms with E-state index in [1.54, 1.807) is 0 Å². The van der Waals surface area contributed by atoms with Crippen molar-refractivity contribution in [1.82, 2.24) is 5.32 Å². The summed E-state index contributed by atoms with van der Waals surface area (Å²) < 4.78 is 0. The zero-order valence-corrected chi connectivity index (χ0v) is 7.08. The molecule has 1 aromatic rings. The summed E-state index contributed by atoms with van der Waals surface area (Å²) >= 11 is 0. The van der Waals surface area contributed by atoms with E-state index in [4.69, 9.17) is 6.42 Å². The van der Waals surface area contributed by atoms with Gasteiger partial charge in [-0.05, 0) is 11.6 Å². The Morgan fingerprint density at radius 1 is 1.46 bits per heavy atom.